The highest BCUT2D eigenvalue weighted by Crippen LogP contribution is 2.18. The Morgan fingerprint density at radius 3 is 2.95 bits per heavy atom. The lowest BCUT2D eigenvalue weighted by molar-refractivity contribution is 0.0874. The third-order valence-electron chi connectivity index (χ3n) is 3.75. The number of methoxy groups -OCH3 is 1. The molecule has 20 heavy (non-hydrogen) atoms. The first kappa shape index (κ1) is 15.4. The van der Waals surface area contributed by atoms with Crippen LogP contribution < -0.4 is 5.46 Å². The Bertz CT molecular complexity index is 442. The summed E-state index contributed by atoms with van der Waals surface area (Å²) >= 11 is 0. The number of rotatable bonds is 5. The molecule has 2 rings (SSSR count). The molecular weight excluding hydrogens is 260 g/mol. The molecule has 1 aliphatic rings. The predicted octanol–water partition coefficient (Wildman–Crippen LogP) is 0.364. The van der Waals surface area contributed by atoms with Crippen LogP contribution in [-0.2, 0) is 11.3 Å². The predicted molar refractivity (Wildman–Crippen MR) is 76.1 cm³/mol. The van der Waals surface area contributed by atoms with Crippen molar-refractivity contribution in [3.8, 4) is 0 Å². The molecule has 4 nitrogen and oxygen atoms in total. The van der Waals surface area contributed by atoms with Crippen LogP contribution in [0.25, 0.3) is 0 Å². The molecule has 2 N–H and O–H groups in total. The molecule has 1 heterocycles. The zero-order valence-corrected chi connectivity index (χ0v) is 11.8. The van der Waals surface area contributed by atoms with Crippen LogP contribution in [0.3, 0.4) is 0 Å². The van der Waals surface area contributed by atoms with E-state index in [1.165, 1.54) is 18.6 Å². The lowest BCUT2D eigenvalue weighted by atomic mass is 9.79. The molecule has 0 spiro atoms. The Labute approximate surface area is 119 Å². The molecule has 0 aromatic heterocycles. The number of hydrogen-bond acceptors (Lipinski definition) is 4. The van der Waals surface area contributed by atoms with Gasteiger partial charge in [-0.3, -0.25) is 4.90 Å². The highest BCUT2D eigenvalue weighted by atomic mass is 19.1. The first-order chi connectivity index (χ1) is 9.60. The summed E-state index contributed by atoms with van der Waals surface area (Å²) in [7, 11) is -0.0501. The third kappa shape index (κ3) is 4.02. The van der Waals surface area contributed by atoms with Crippen LogP contribution in [0.5, 0.6) is 0 Å². The summed E-state index contributed by atoms with van der Waals surface area (Å²) in [6.45, 7) is 3.43. The van der Waals surface area contributed by atoms with E-state index in [0.717, 1.165) is 31.7 Å². The Morgan fingerprint density at radius 1 is 1.45 bits per heavy atom. The summed E-state index contributed by atoms with van der Waals surface area (Å²) in [5.74, 6) is -0.0447. The van der Waals surface area contributed by atoms with Crippen molar-refractivity contribution in [2.24, 2.45) is 5.92 Å². The Morgan fingerprint density at radius 2 is 2.25 bits per heavy atom. The van der Waals surface area contributed by atoms with Crippen molar-refractivity contribution in [1.29, 1.82) is 0 Å². The molecule has 0 radical (unpaired) electrons. The fraction of sp³-hybridized carbons (Fsp3) is 0.571. The van der Waals surface area contributed by atoms with E-state index in [4.69, 9.17) is 14.8 Å². The molecule has 1 saturated heterocycles. The summed E-state index contributed by atoms with van der Waals surface area (Å²) < 4.78 is 18.6. The molecule has 0 aliphatic carbocycles. The molecule has 0 amide bonds. The van der Waals surface area contributed by atoms with Crippen molar-refractivity contribution in [3.05, 3.63) is 29.6 Å². The average molecular weight is 281 g/mol. The van der Waals surface area contributed by atoms with Gasteiger partial charge in [-0.2, -0.15) is 0 Å². The summed E-state index contributed by atoms with van der Waals surface area (Å²) in [5, 5.41) is 18.3. The monoisotopic (exact) mass is 281 g/mol. The third-order valence-corrected chi connectivity index (χ3v) is 3.75. The first-order valence-electron chi connectivity index (χ1n) is 6.96. The number of halogens is 1. The topological polar surface area (TPSA) is 52.9 Å². The molecule has 1 aromatic carbocycles. The van der Waals surface area contributed by atoms with Crippen LogP contribution in [0.2, 0.25) is 0 Å². The molecule has 1 unspecified atom stereocenters. The Hall–Kier alpha value is -0.945. The highest BCUT2D eigenvalue weighted by molar-refractivity contribution is 6.58. The van der Waals surface area contributed by atoms with E-state index in [2.05, 4.69) is 4.90 Å². The second kappa shape index (κ2) is 7.17. The smallest absolute Gasteiger partial charge is 0.423 e. The van der Waals surface area contributed by atoms with E-state index in [1.54, 1.807) is 13.2 Å². The lowest BCUT2D eigenvalue weighted by Gasteiger charge is -2.32. The van der Waals surface area contributed by atoms with Crippen molar-refractivity contribution in [2.45, 2.75) is 19.4 Å². The van der Waals surface area contributed by atoms with Crippen molar-refractivity contribution in [3.63, 3.8) is 0 Å². The fourth-order valence-corrected chi connectivity index (χ4v) is 2.81. The van der Waals surface area contributed by atoms with Gasteiger partial charge in [-0.05, 0) is 36.9 Å². The largest absolute Gasteiger partial charge is 0.491 e. The van der Waals surface area contributed by atoms with Gasteiger partial charge in [0.05, 0.1) is 6.61 Å². The molecule has 1 aliphatic heterocycles. The van der Waals surface area contributed by atoms with Crippen LogP contribution >= 0.6 is 0 Å². The van der Waals surface area contributed by atoms with Gasteiger partial charge in [-0.25, -0.2) is 4.39 Å². The fourth-order valence-electron chi connectivity index (χ4n) is 2.81. The van der Waals surface area contributed by atoms with Gasteiger partial charge in [0.15, 0.2) is 0 Å². The van der Waals surface area contributed by atoms with E-state index in [9.17, 15) is 4.39 Å². The second-order valence-corrected chi connectivity index (χ2v) is 5.43. The lowest BCUT2D eigenvalue weighted by Crippen LogP contribution is -2.37. The molecule has 1 fully saturated rings. The maximum atomic E-state index is 13.4. The highest BCUT2D eigenvalue weighted by Gasteiger charge is 2.21. The maximum absolute atomic E-state index is 13.4. The number of likely N-dealkylation sites (tertiary alicyclic amines) is 1. The van der Waals surface area contributed by atoms with E-state index in [0.29, 0.717) is 12.5 Å². The molecular formula is C14H21BFNO3. The van der Waals surface area contributed by atoms with Crippen LogP contribution in [-0.4, -0.2) is 48.9 Å². The number of ether oxygens (including phenoxy) is 1. The van der Waals surface area contributed by atoms with Crippen LogP contribution in [0, 0.1) is 11.7 Å². The summed E-state index contributed by atoms with van der Waals surface area (Å²) in [5.41, 5.74) is 0.834. The molecule has 110 valence electrons. The number of piperidine rings is 1. The van der Waals surface area contributed by atoms with Crippen LogP contribution in [0.15, 0.2) is 18.2 Å². The van der Waals surface area contributed by atoms with Crippen molar-refractivity contribution < 1.29 is 19.2 Å². The van der Waals surface area contributed by atoms with Gasteiger partial charge < -0.3 is 14.8 Å². The minimum Gasteiger partial charge on any atom is -0.423 e. The second-order valence-electron chi connectivity index (χ2n) is 5.43. The summed E-state index contributed by atoms with van der Waals surface area (Å²) in [6, 6.07) is 4.52. The number of nitrogens with zero attached hydrogens (tertiary/aromatic N) is 1. The quantitative estimate of drug-likeness (QED) is 0.765. The van der Waals surface area contributed by atoms with Gasteiger partial charge in [0.1, 0.15) is 5.82 Å². The van der Waals surface area contributed by atoms with Gasteiger partial charge in [0.2, 0.25) is 0 Å². The standard InChI is InChI=1S/C14H21BFNO3/c1-20-10-12-3-2-6-17(9-12)8-11-4-5-14(16)13(7-11)15(18)19/h4-5,7,12,18-19H,2-3,6,8-10H2,1H3. The molecule has 6 heteroatoms. The van der Waals surface area contributed by atoms with Gasteiger partial charge in [0, 0.05) is 25.7 Å². The Balaban J connectivity index is 2.00. The van der Waals surface area contributed by atoms with Gasteiger partial charge >= 0.3 is 7.12 Å². The molecule has 1 aromatic rings. The van der Waals surface area contributed by atoms with Crippen molar-refractivity contribution >= 4 is 12.6 Å². The van der Waals surface area contributed by atoms with E-state index in [1.807, 2.05) is 0 Å². The summed E-state index contributed by atoms with van der Waals surface area (Å²) in [6.07, 6.45) is 2.30. The molecule has 0 saturated carbocycles. The maximum Gasteiger partial charge on any atom is 0.491 e. The SMILES string of the molecule is COCC1CCCN(Cc2ccc(F)c(B(O)O)c2)C1. The molecule has 1 atom stereocenters. The van der Waals surface area contributed by atoms with E-state index in [-0.39, 0.29) is 5.46 Å². The van der Waals surface area contributed by atoms with Gasteiger partial charge in [0.25, 0.3) is 0 Å². The van der Waals surface area contributed by atoms with Crippen LogP contribution in [0.4, 0.5) is 4.39 Å². The van der Waals surface area contributed by atoms with Crippen molar-refractivity contribution in [1.82, 2.24) is 4.90 Å². The zero-order chi connectivity index (χ0) is 14.5. The van der Waals surface area contributed by atoms with Crippen LogP contribution in [0.1, 0.15) is 18.4 Å². The first-order valence-corrected chi connectivity index (χ1v) is 6.96. The minimum absolute atomic E-state index is 0.0621. The van der Waals surface area contributed by atoms with E-state index >= 15 is 0 Å². The van der Waals surface area contributed by atoms with E-state index < -0.39 is 12.9 Å². The van der Waals surface area contributed by atoms with Crippen molar-refractivity contribution in [2.75, 3.05) is 26.8 Å². The number of benzene rings is 1. The summed E-state index contributed by atoms with van der Waals surface area (Å²) in [4.78, 5) is 2.30. The average Bonchev–Trinajstić information content (AvgIpc) is 2.41. The van der Waals surface area contributed by atoms with Gasteiger partial charge in [-0.15, -0.1) is 0 Å². The zero-order valence-electron chi connectivity index (χ0n) is 11.8. The Kier molecular flexibility index (Phi) is 5.54. The van der Waals surface area contributed by atoms with Gasteiger partial charge in [-0.1, -0.05) is 12.1 Å². The molecule has 0 bridgehead atoms. The minimum atomic E-state index is -1.77. The normalized spacial score (nSPS) is 20.1. The number of hydrogen-bond donors (Lipinski definition) is 2.